The molecular weight excluding hydrogens is 672 g/mol. The average molecular weight is 697 g/mol. The Hall–Kier alpha value is -2.52. The van der Waals surface area contributed by atoms with Gasteiger partial charge in [-0.25, -0.2) is 47.8 Å². The first-order valence-corrected chi connectivity index (χ1v) is 18.0. The van der Waals surface area contributed by atoms with Gasteiger partial charge in [0.2, 0.25) is 0 Å². The fourth-order valence-corrected chi connectivity index (χ4v) is 6.87. The quantitative estimate of drug-likeness (QED) is 0.118. The normalized spacial score (nSPS) is 30.2. The van der Waals surface area contributed by atoms with Crippen molar-refractivity contribution in [1.29, 1.82) is 0 Å². The Morgan fingerprint density at radius 2 is 1.50 bits per heavy atom. The van der Waals surface area contributed by atoms with Crippen LogP contribution in [0.25, 0.3) is 22.3 Å². The first kappa shape index (κ1) is 31.5. The van der Waals surface area contributed by atoms with Crippen molar-refractivity contribution in [1.82, 2.24) is 39.0 Å². The third-order valence-electron chi connectivity index (χ3n) is 6.85. The Morgan fingerprint density at radius 1 is 0.909 bits per heavy atom. The minimum absolute atomic E-state index is 0.0283. The monoisotopic (exact) mass is 696 g/mol. The van der Waals surface area contributed by atoms with Gasteiger partial charge in [0.25, 0.3) is 0 Å². The van der Waals surface area contributed by atoms with E-state index in [4.69, 9.17) is 34.5 Å². The van der Waals surface area contributed by atoms with E-state index >= 15 is 4.39 Å². The van der Waals surface area contributed by atoms with E-state index in [0.717, 1.165) is 6.33 Å². The first-order chi connectivity index (χ1) is 20.8. The summed E-state index contributed by atoms with van der Waals surface area (Å²) in [6.07, 6.45) is -5.55. The predicted molar refractivity (Wildman–Crippen MR) is 154 cm³/mol. The molecule has 18 nitrogen and oxygen atoms in total. The second-order valence-electron chi connectivity index (χ2n) is 9.68. The number of alkyl halides is 2. The molecule has 2 fully saturated rings. The molecule has 6 heterocycles. The number of aromatic nitrogens is 8. The minimum atomic E-state index is -4.45. The standard InChI is InChI=1S/C20H24F2N10O8P2S2/c21-8-1-11(31-6-29-13-16(23)25-4-27-18(13)31)38-9(8)2-37-42(35,44)40-15-10(3-36-41(33,34)43)39-20(12(15)22)32-7-30-14-17(24)26-5-28-19(14)32/h4-12,15,20H,1-3H2,(H,35,44)(H2,23,25,27)(H2,24,26,28)(H2,33,34,43)/t8-,9-,10-,11-,12-,15-,20-,42?/m1/s1. The van der Waals surface area contributed by atoms with E-state index in [1.165, 1.54) is 28.1 Å². The Bertz CT molecular complexity index is 1780. The lowest BCUT2D eigenvalue weighted by Gasteiger charge is -2.24. The molecule has 0 aliphatic carbocycles. The van der Waals surface area contributed by atoms with Crippen LogP contribution in [0.2, 0.25) is 0 Å². The summed E-state index contributed by atoms with van der Waals surface area (Å²) in [6.45, 7) is -10.1. The zero-order chi connectivity index (χ0) is 31.4. The zero-order valence-electron chi connectivity index (χ0n) is 22.1. The number of hydrogen-bond donors (Lipinski definition) is 5. The molecule has 238 valence electrons. The number of anilines is 2. The second-order valence-corrected chi connectivity index (χ2v) is 15.3. The molecule has 44 heavy (non-hydrogen) atoms. The zero-order valence-corrected chi connectivity index (χ0v) is 25.6. The lowest BCUT2D eigenvalue weighted by Crippen LogP contribution is -2.33. The number of hydrogen-bond acceptors (Lipinski definition) is 15. The molecule has 0 aromatic carbocycles. The number of nitrogens with zero attached hydrogens (tertiary/aromatic N) is 8. The third kappa shape index (κ3) is 6.28. The summed E-state index contributed by atoms with van der Waals surface area (Å²) in [5.41, 5.74) is 12.5. The molecule has 5 N–H and O–H groups in total. The highest BCUT2D eigenvalue weighted by Gasteiger charge is 2.51. The van der Waals surface area contributed by atoms with E-state index in [1.807, 2.05) is 0 Å². The molecule has 0 saturated carbocycles. The summed E-state index contributed by atoms with van der Waals surface area (Å²) in [5.74, 6) is 0.167. The lowest BCUT2D eigenvalue weighted by molar-refractivity contribution is -0.0431. The van der Waals surface area contributed by atoms with Crippen molar-refractivity contribution in [3.8, 4) is 0 Å². The fourth-order valence-electron chi connectivity index (χ4n) is 4.85. The summed E-state index contributed by atoms with van der Waals surface area (Å²) in [4.78, 5) is 33.5. The maximum atomic E-state index is 15.9. The number of thiol groups is 2. The van der Waals surface area contributed by atoms with Gasteiger partial charge in [-0.05, 0) is 0 Å². The maximum Gasteiger partial charge on any atom is 0.386 e. The van der Waals surface area contributed by atoms with Crippen LogP contribution in [0, 0.1) is 0 Å². The largest absolute Gasteiger partial charge is 0.386 e. The topological polar surface area (TPSA) is 240 Å². The van der Waals surface area contributed by atoms with Crippen LogP contribution in [0.1, 0.15) is 18.9 Å². The molecule has 4 aromatic rings. The van der Waals surface area contributed by atoms with Crippen LogP contribution in [-0.4, -0.2) is 87.8 Å². The van der Waals surface area contributed by atoms with Gasteiger partial charge in [0.05, 0.1) is 25.9 Å². The van der Waals surface area contributed by atoms with Crippen molar-refractivity contribution in [3.63, 3.8) is 0 Å². The third-order valence-corrected chi connectivity index (χ3v) is 9.30. The first-order valence-electron chi connectivity index (χ1n) is 12.6. The average Bonchev–Trinajstić information content (AvgIpc) is 3.72. The summed E-state index contributed by atoms with van der Waals surface area (Å²) < 4.78 is 85.4. The number of rotatable bonds is 10. The number of nitrogen functional groups attached to an aromatic ring is 2. The Balaban J connectivity index is 1.15. The minimum Gasteiger partial charge on any atom is -0.382 e. The molecule has 2 saturated heterocycles. The molecule has 9 atom stereocenters. The smallest absolute Gasteiger partial charge is 0.382 e. The number of fused-ring (bicyclic) bond motifs is 2. The summed E-state index contributed by atoms with van der Waals surface area (Å²) in [7, 11) is 0. The van der Waals surface area contributed by atoms with E-state index < -0.39 is 69.9 Å². The van der Waals surface area contributed by atoms with E-state index in [-0.39, 0.29) is 29.2 Å². The molecule has 2 unspecified atom stereocenters. The molecule has 0 bridgehead atoms. The van der Waals surface area contributed by atoms with Gasteiger partial charge in [-0.15, -0.1) is 0 Å². The van der Waals surface area contributed by atoms with Crippen LogP contribution in [0.15, 0.2) is 25.3 Å². The Morgan fingerprint density at radius 3 is 2.14 bits per heavy atom. The van der Waals surface area contributed by atoms with Crippen LogP contribution < -0.4 is 11.5 Å². The van der Waals surface area contributed by atoms with Gasteiger partial charge in [0.15, 0.2) is 35.3 Å². The van der Waals surface area contributed by atoms with E-state index in [0.29, 0.717) is 11.2 Å². The molecule has 2 aliphatic rings. The highest BCUT2D eigenvalue weighted by Crippen LogP contribution is 2.57. The molecule has 24 heteroatoms. The molecule has 0 radical (unpaired) electrons. The van der Waals surface area contributed by atoms with Gasteiger partial charge < -0.3 is 25.8 Å². The summed E-state index contributed by atoms with van der Waals surface area (Å²) in [6, 6.07) is 0. The van der Waals surface area contributed by atoms with Crippen LogP contribution in [0.3, 0.4) is 0 Å². The second kappa shape index (κ2) is 12.0. The van der Waals surface area contributed by atoms with Gasteiger partial charge in [0, 0.05) is 6.42 Å². The molecule has 4 aromatic heterocycles. The highest BCUT2D eigenvalue weighted by molar-refractivity contribution is 8.44. The van der Waals surface area contributed by atoms with Crippen molar-refractivity contribution in [3.05, 3.63) is 25.3 Å². The Kier molecular flexibility index (Phi) is 8.59. The van der Waals surface area contributed by atoms with E-state index in [9.17, 15) is 18.4 Å². The Labute approximate surface area is 256 Å². The van der Waals surface area contributed by atoms with Crippen molar-refractivity contribution in [2.45, 2.75) is 49.5 Å². The van der Waals surface area contributed by atoms with Crippen LogP contribution in [0.5, 0.6) is 0 Å². The SMILES string of the molecule is Nc1ncnc2c1ncn2[C@@H]1O[C@H](COP(=O)(O)S)[C@@H](OP(=O)(S)OC[C@H]2O[C@@H](n3cnc4c(N)ncnc43)C[C@H]2F)[C@H]1F. The fraction of sp³-hybridized carbons (Fsp3) is 0.500. The van der Waals surface area contributed by atoms with Crippen molar-refractivity contribution < 1.29 is 45.8 Å². The number of imidazole rings is 2. The molecule has 0 spiro atoms. The van der Waals surface area contributed by atoms with Crippen LogP contribution in [-0.2, 0) is 32.2 Å². The van der Waals surface area contributed by atoms with Crippen molar-refractivity contribution in [2.75, 3.05) is 24.7 Å². The predicted octanol–water partition coefficient (Wildman–Crippen LogP) is 2.18. The van der Waals surface area contributed by atoms with Gasteiger partial charge >= 0.3 is 13.6 Å². The van der Waals surface area contributed by atoms with Gasteiger partial charge in [-0.1, -0.05) is 24.5 Å². The molecule has 2 aliphatic heterocycles. The maximum absolute atomic E-state index is 15.9. The van der Waals surface area contributed by atoms with Crippen LogP contribution in [0.4, 0.5) is 20.4 Å². The van der Waals surface area contributed by atoms with E-state index in [1.54, 1.807) is 0 Å². The summed E-state index contributed by atoms with van der Waals surface area (Å²) >= 11 is 7.38. The van der Waals surface area contributed by atoms with Gasteiger partial charge in [-0.2, -0.15) is 0 Å². The molecular formula is C20H24F2N10O8P2S2. The van der Waals surface area contributed by atoms with Gasteiger partial charge in [-0.3, -0.25) is 22.7 Å². The lowest BCUT2D eigenvalue weighted by atomic mass is 10.1. The molecule has 6 rings (SSSR count). The van der Waals surface area contributed by atoms with Gasteiger partial charge in [0.1, 0.15) is 54.4 Å². The van der Waals surface area contributed by atoms with Crippen molar-refractivity contribution >= 4 is 72.1 Å². The number of nitrogens with two attached hydrogens (primary N) is 2. The molecule has 0 amide bonds. The van der Waals surface area contributed by atoms with Crippen molar-refractivity contribution in [2.24, 2.45) is 0 Å². The number of ether oxygens (including phenoxy) is 2. The number of halogens is 2. The van der Waals surface area contributed by atoms with E-state index in [2.05, 4.69) is 54.4 Å². The van der Waals surface area contributed by atoms with Crippen LogP contribution >= 0.6 is 38.1 Å². The summed E-state index contributed by atoms with van der Waals surface area (Å²) in [5, 5.41) is 0. The highest BCUT2D eigenvalue weighted by atomic mass is 32.7.